The Bertz CT molecular complexity index is 1270. The number of hydrogen-bond donors (Lipinski definition) is 2. The predicted octanol–water partition coefficient (Wildman–Crippen LogP) is 4.85. The number of rotatable bonds is 5. The van der Waals surface area contributed by atoms with Gasteiger partial charge in [0.25, 0.3) is 5.91 Å². The second kappa shape index (κ2) is 10.2. The van der Waals surface area contributed by atoms with Crippen molar-refractivity contribution in [1.29, 1.82) is 0 Å². The quantitative estimate of drug-likeness (QED) is 0.423. The zero-order valence-corrected chi connectivity index (χ0v) is 19.3. The Labute approximate surface area is 202 Å². The van der Waals surface area contributed by atoms with Crippen LogP contribution in [-0.2, 0) is 0 Å². The van der Waals surface area contributed by atoms with Crippen molar-refractivity contribution < 1.29 is 9.53 Å². The number of aromatic nitrogens is 3. The molecule has 0 atom stereocenters. The number of carbonyl (C=O) groups excluding carboxylic acids is 1. The summed E-state index contributed by atoms with van der Waals surface area (Å²) in [6.45, 7) is 1.87. The number of nitrogens with zero attached hydrogens (tertiary/aromatic N) is 3. The van der Waals surface area contributed by atoms with E-state index >= 15 is 0 Å². The lowest BCUT2D eigenvalue weighted by Gasteiger charge is -2.25. The third kappa shape index (κ3) is 5.11. The van der Waals surface area contributed by atoms with Crippen molar-refractivity contribution in [3.05, 3.63) is 77.7 Å². The molecule has 9 heteroatoms. The van der Waals surface area contributed by atoms with Crippen molar-refractivity contribution in [2.75, 3.05) is 18.4 Å². The minimum absolute atomic E-state index is 0. The first-order valence-electron chi connectivity index (χ1n) is 10.6. The van der Waals surface area contributed by atoms with Gasteiger partial charge in [0, 0.05) is 16.8 Å². The number of anilines is 1. The maximum absolute atomic E-state index is 13.0. The number of para-hydroxylation sites is 2. The van der Waals surface area contributed by atoms with Gasteiger partial charge in [-0.15, -0.1) is 12.4 Å². The van der Waals surface area contributed by atoms with E-state index in [0.29, 0.717) is 22.1 Å². The van der Waals surface area contributed by atoms with Gasteiger partial charge in [0.05, 0.1) is 11.9 Å². The number of fused-ring (bicyclic) bond motifs is 1. The fourth-order valence-corrected chi connectivity index (χ4v) is 4.00. The fraction of sp³-hybridized carbons (Fsp3) is 0.208. The summed E-state index contributed by atoms with van der Waals surface area (Å²) in [4.78, 5) is 17.6. The van der Waals surface area contributed by atoms with E-state index in [0.717, 1.165) is 37.1 Å². The summed E-state index contributed by atoms with van der Waals surface area (Å²) < 4.78 is 7.81. The van der Waals surface area contributed by atoms with Gasteiger partial charge in [0.2, 0.25) is 0 Å². The first-order valence-corrected chi connectivity index (χ1v) is 10.9. The average molecular weight is 484 g/mol. The van der Waals surface area contributed by atoms with Gasteiger partial charge in [-0.2, -0.15) is 5.10 Å². The molecule has 0 radical (unpaired) electrons. The van der Waals surface area contributed by atoms with Gasteiger partial charge < -0.3 is 15.4 Å². The summed E-state index contributed by atoms with van der Waals surface area (Å²) in [5.41, 5.74) is 3.19. The van der Waals surface area contributed by atoms with Gasteiger partial charge in [0.15, 0.2) is 5.65 Å². The van der Waals surface area contributed by atoms with Gasteiger partial charge in [-0.05, 0) is 61.8 Å². The molecule has 1 aliphatic heterocycles. The van der Waals surface area contributed by atoms with E-state index in [1.807, 2.05) is 48.5 Å². The Morgan fingerprint density at radius 1 is 1.12 bits per heavy atom. The molecule has 33 heavy (non-hydrogen) atoms. The van der Waals surface area contributed by atoms with Crippen molar-refractivity contribution in [1.82, 2.24) is 19.9 Å². The van der Waals surface area contributed by atoms with Crippen molar-refractivity contribution in [3.8, 4) is 16.9 Å². The van der Waals surface area contributed by atoms with E-state index in [-0.39, 0.29) is 30.1 Å². The predicted molar refractivity (Wildman–Crippen MR) is 132 cm³/mol. The number of piperidine rings is 1. The van der Waals surface area contributed by atoms with Gasteiger partial charge in [-0.1, -0.05) is 35.9 Å². The molecule has 1 fully saturated rings. The highest BCUT2D eigenvalue weighted by Gasteiger charge is 2.18. The van der Waals surface area contributed by atoms with Crippen molar-refractivity contribution in [3.63, 3.8) is 0 Å². The lowest BCUT2D eigenvalue weighted by atomic mass is 10.1. The second-order valence-corrected chi connectivity index (χ2v) is 8.10. The first-order chi connectivity index (χ1) is 15.7. The Balaban J connectivity index is 0.00000259. The summed E-state index contributed by atoms with van der Waals surface area (Å²) in [6, 6.07) is 16.6. The van der Waals surface area contributed by atoms with Crippen LogP contribution in [0.4, 0.5) is 5.69 Å². The molecule has 0 bridgehead atoms. The van der Waals surface area contributed by atoms with Gasteiger partial charge in [0.1, 0.15) is 17.5 Å². The van der Waals surface area contributed by atoms with E-state index in [1.54, 1.807) is 23.0 Å². The minimum Gasteiger partial charge on any atom is -0.488 e. The van der Waals surface area contributed by atoms with E-state index in [1.165, 1.54) is 0 Å². The molecule has 2 aromatic carbocycles. The molecule has 0 aliphatic carbocycles. The molecule has 2 aromatic heterocycles. The molecule has 0 unspecified atom stereocenters. The van der Waals surface area contributed by atoms with Crippen molar-refractivity contribution in [2.24, 2.45) is 0 Å². The number of nitrogens with one attached hydrogen (secondary N) is 2. The van der Waals surface area contributed by atoms with Crippen LogP contribution in [0.15, 0.2) is 67.0 Å². The summed E-state index contributed by atoms with van der Waals surface area (Å²) in [5, 5.41) is 11.2. The number of hydrogen-bond acceptors (Lipinski definition) is 5. The number of ether oxygens (including phenoxy) is 1. The second-order valence-electron chi connectivity index (χ2n) is 7.67. The summed E-state index contributed by atoms with van der Waals surface area (Å²) in [6.07, 6.45) is 5.46. The zero-order valence-electron chi connectivity index (χ0n) is 17.7. The monoisotopic (exact) mass is 483 g/mol. The topological polar surface area (TPSA) is 80.5 Å². The van der Waals surface area contributed by atoms with E-state index < -0.39 is 0 Å². The lowest BCUT2D eigenvalue weighted by Crippen LogP contribution is -2.34. The molecule has 2 N–H and O–H groups in total. The highest BCUT2D eigenvalue weighted by atomic mass is 35.5. The standard InChI is InChI=1S/C24H22ClN5O2.ClH/c25-17-5-3-4-16(14-17)19-15-27-30-13-10-21(28-23(19)30)24(31)29-20-6-1-2-7-22(20)32-18-8-11-26-12-9-18;/h1-7,10,13-15,18,26H,8-9,11-12H2,(H,29,31);1H. The minimum atomic E-state index is -0.313. The van der Waals surface area contributed by atoms with Crippen LogP contribution in [-0.4, -0.2) is 39.7 Å². The van der Waals surface area contributed by atoms with Crippen LogP contribution in [0.1, 0.15) is 23.3 Å². The molecule has 1 aliphatic rings. The zero-order chi connectivity index (χ0) is 21.9. The Hall–Kier alpha value is -3.13. The van der Waals surface area contributed by atoms with Gasteiger partial charge in [-0.25, -0.2) is 9.50 Å². The van der Waals surface area contributed by atoms with Crippen LogP contribution >= 0.6 is 24.0 Å². The molecular weight excluding hydrogens is 461 g/mol. The van der Waals surface area contributed by atoms with Crippen LogP contribution in [0, 0.1) is 0 Å². The molecule has 0 saturated carbocycles. The third-order valence-electron chi connectivity index (χ3n) is 5.45. The molecule has 170 valence electrons. The molecule has 3 heterocycles. The van der Waals surface area contributed by atoms with Crippen LogP contribution in [0.2, 0.25) is 5.02 Å². The fourth-order valence-electron chi connectivity index (χ4n) is 3.81. The normalized spacial score (nSPS) is 14.0. The molecule has 1 saturated heterocycles. The van der Waals surface area contributed by atoms with Crippen LogP contribution in [0.3, 0.4) is 0 Å². The van der Waals surface area contributed by atoms with E-state index in [2.05, 4.69) is 20.7 Å². The summed E-state index contributed by atoms with van der Waals surface area (Å²) in [5.74, 6) is 0.352. The van der Waals surface area contributed by atoms with Crippen molar-refractivity contribution >= 4 is 41.2 Å². The SMILES string of the molecule is Cl.O=C(Nc1ccccc1OC1CCNCC1)c1ccn2ncc(-c3cccc(Cl)c3)c2n1. The third-order valence-corrected chi connectivity index (χ3v) is 5.69. The molecule has 1 amide bonds. The van der Waals surface area contributed by atoms with Crippen molar-refractivity contribution in [2.45, 2.75) is 18.9 Å². The molecule has 7 nitrogen and oxygen atoms in total. The summed E-state index contributed by atoms with van der Waals surface area (Å²) >= 11 is 6.14. The molecule has 0 spiro atoms. The van der Waals surface area contributed by atoms with Gasteiger partial charge in [-0.3, -0.25) is 4.79 Å². The van der Waals surface area contributed by atoms with Crippen LogP contribution in [0.5, 0.6) is 5.75 Å². The van der Waals surface area contributed by atoms with E-state index in [4.69, 9.17) is 16.3 Å². The molecular formula is C24H23Cl2N5O2. The number of amides is 1. The smallest absolute Gasteiger partial charge is 0.274 e. The Morgan fingerprint density at radius 3 is 2.76 bits per heavy atom. The lowest BCUT2D eigenvalue weighted by molar-refractivity contribution is 0.102. The van der Waals surface area contributed by atoms with Crippen LogP contribution < -0.4 is 15.4 Å². The molecule has 5 rings (SSSR count). The maximum Gasteiger partial charge on any atom is 0.274 e. The van der Waals surface area contributed by atoms with Gasteiger partial charge >= 0.3 is 0 Å². The molecule has 4 aromatic rings. The highest BCUT2D eigenvalue weighted by Crippen LogP contribution is 2.28. The summed E-state index contributed by atoms with van der Waals surface area (Å²) in [7, 11) is 0. The Kier molecular flexibility index (Phi) is 7.13. The van der Waals surface area contributed by atoms with E-state index in [9.17, 15) is 4.79 Å². The largest absolute Gasteiger partial charge is 0.488 e. The number of halogens is 2. The maximum atomic E-state index is 13.0. The average Bonchev–Trinajstić information content (AvgIpc) is 3.24. The highest BCUT2D eigenvalue weighted by molar-refractivity contribution is 6.30. The number of benzene rings is 2. The first kappa shape index (κ1) is 23.0. The van der Waals surface area contributed by atoms with Crippen LogP contribution in [0.25, 0.3) is 16.8 Å². The Morgan fingerprint density at radius 2 is 1.94 bits per heavy atom. The number of carbonyl (C=O) groups is 1.